The van der Waals surface area contributed by atoms with Gasteiger partial charge in [0.05, 0.1) is 12.1 Å². The molecule has 0 aromatic heterocycles. The summed E-state index contributed by atoms with van der Waals surface area (Å²) < 4.78 is 0. The first-order valence-corrected chi connectivity index (χ1v) is 3.58. The lowest BCUT2D eigenvalue weighted by atomic mass is 10.1. The Kier molecular flexibility index (Phi) is 1.24. The van der Waals surface area contributed by atoms with Gasteiger partial charge in [-0.15, -0.1) is 0 Å². The number of benzene rings is 1. The third-order valence-corrected chi connectivity index (χ3v) is 1.88. The van der Waals surface area contributed by atoms with E-state index in [-0.39, 0.29) is 11.7 Å². The summed E-state index contributed by atoms with van der Waals surface area (Å²) in [6.45, 7) is 0. The molecule has 1 aliphatic heterocycles. The number of hydrogen-bond donors (Lipinski definition) is 3. The number of hydrogen-bond acceptors (Lipinski definition) is 3. The van der Waals surface area contributed by atoms with Crippen molar-refractivity contribution in [2.24, 2.45) is 0 Å². The minimum absolute atomic E-state index is 0.0101. The molecule has 0 aliphatic carbocycles. The van der Waals surface area contributed by atoms with E-state index in [4.69, 9.17) is 5.73 Å². The van der Waals surface area contributed by atoms with E-state index >= 15 is 0 Å². The number of carbonyl (C=O) groups is 1. The molecule has 0 atom stereocenters. The van der Waals surface area contributed by atoms with Crippen molar-refractivity contribution in [2.45, 2.75) is 6.42 Å². The minimum Gasteiger partial charge on any atom is -0.506 e. The molecule has 4 nitrogen and oxygen atoms in total. The van der Waals surface area contributed by atoms with Crippen LogP contribution in [0.3, 0.4) is 0 Å². The Morgan fingerprint density at radius 3 is 3.00 bits per heavy atom. The highest BCUT2D eigenvalue weighted by Gasteiger charge is 2.18. The van der Waals surface area contributed by atoms with Gasteiger partial charge in [-0.3, -0.25) is 4.79 Å². The Balaban J connectivity index is 2.55. The zero-order valence-corrected chi connectivity index (χ0v) is 6.29. The van der Waals surface area contributed by atoms with Gasteiger partial charge in [0.25, 0.3) is 0 Å². The first-order valence-electron chi connectivity index (χ1n) is 3.58. The van der Waals surface area contributed by atoms with Gasteiger partial charge >= 0.3 is 0 Å². The molecule has 4 N–H and O–H groups in total. The van der Waals surface area contributed by atoms with E-state index in [0.717, 1.165) is 5.56 Å². The molecular weight excluding hydrogens is 156 g/mol. The van der Waals surface area contributed by atoms with Crippen LogP contribution >= 0.6 is 0 Å². The van der Waals surface area contributed by atoms with Gasteiger partial charge in [0, 0.05) is 11.8 Å². The summed E-state index contributed by atoms with van der Waals surface area (Å²) in [5.74, 6) is -0.0500. The van der Waals surface area contributed by atoms with Crippen molar-refractivity contribution in [2.75, 3.05) is 11.1 Å². The zero-order valence-electron chi connectivity index (χ0n) is 6.29. The van der Waals surface area contributed by atoms with Gasteiger partial charge in [0.2, 0.25) is 5.91 Å². The summed E-state index contributed by atoms with van der Waals surface area (Å²) in [4.78, 5) is 10.9. The summed E-state index contributed by atoms with van der Waals surface area (Å²) in [7, 11) is 0. The molecule has 0 bridgehead atoms. The van der Waals surface area contributed by atoms with Crippen LogP contribution in [0.25, 0.3) is 0 Å². The van der Waals surface area contributed by atoms with Gasteiger partial charge in [0.1, 0.15) is 5.75 Å². The van der Waals surface area contributed by atoms with E-state index in [9.17, 15) is 9.90 Å². The van der Waals surface area contributed by atoms with E-state index in [0.29, 0.717) is 17.8 Å². The second-order valence-electron chi connectivity index (χ2n) is 2.79. The van der Waals surface area contributed by atoms with E-state index in [2.05, 4.69) is 5.32 Å². The number of fused-ring (bicyclic) bond motifs is 1. The number of aromatic hydroxyl groups is 1. The second-order valence-corrected chi connectivity index (χ2v) is 2.79. The fourth-order valence-corrected chi connectivity index (χ4v) is 1.28. The standard InChI is InChI=1S/C8H8N2O2/c9-5-1-4-2-8(12)10-6(4)3-7(5)11/h1,3,11H,2,9H2,(H,10,12). The molecule has 1 aromatic rings. The molecule has 0 radical (unpaired) electrons. The van der Waals surface area contributed by atoms with Crippen molar-refractivity contribution in [3.05, 3.63) is 17.7 Å². The summed E-state index contributed by atoms with van der Waals surface area (Å²) in [5.41, 5.74) is 7.26. The summed E-state index contributed by atoms with van der Waals surface area (Å²) in [6, 6.07) is 3.08. The lowest BCUT2D eigenvalue weighted by Crippen LogP contribution is -2.03. The number of rotatable bonds is 0. The van der Waals surface area contributed by atoms with Crippen LogP contribution in [0.5, 0.6) is 5.75 Å². The normalized spacial score (nSPS) is 14.2. The molecular formula is C8H8N2O2. The number of nitrogens with one attached hydrogen (secondary N) is 1. The fourth-order valence-electron chi connectivity index (χ4n) is 1.28. The minimum atomic E-state index is -0.0602. The molecule has 1 aromatic carbocycles. The van der Waals surface area contributed by atoms with Crippen LogP contribution in [0, 0.1) is 0 Å². The highest BCUT2D eigenvalue weighted by Crippen LogP contribution is 2.31. The number of phenolic OH excluding ortho intramolecular Hbond substituents is 1. The number of nitrogens with two attached hydrogens (primary N) is 1. The van der Waals surface area contributed by atoms with Gasteiger partial charge in [-0.25, -0.2) is 0 Å². The van der Waals surface area contributed by atoms with Crippen molar-refractivity contribution in [3.63, 3.8) is 0 Å². The molecule has 12 heavy (non-hydrogen) atoms. The van der Waals surface area contributed by atoms with Crippen LogP contribution < -0.4 is 11.1 Å². The Morgan fingerprint density at radius 2 is 2.25 bits per heavy atom. The predicted molar refractivity (Wildman–Crippen MR) is 44.9 cm³/mol. The first-order chi connectivity index (χ1) is 5.66. The van der Waals surface area contributed by atoms with Gasteiger partial charge in [-0.2, -0.15) is 0 Å². The maximum absolute atomic E-state index is 10.9. The van der Waals surface area contributed by atoms with Crippen molar-refractivity contribution in [1.29, 1.82) is 0 Å². The van der Waals surface area contributed by atoms with Gasteiger partial charge in [-0.05, 0) is 11.6 Å². The fraction of sp³-hybridized carbons (Fsp3) is 0.125. The van der Waals surface area contributed by atoms with Crippen LogP contribution in [0.15, 0.2) is 12.1 Å². The molecule has 4 heteroatoms. The molecule has 2 rings (SSSR count). The Morgan fingerprint density at radius 1 is 1.50 bits per heavy atom. The van der Waals surface area contributed by atoms with E-state index in [1.165, 1.54) is 6.07 Å². The Bertz CT molecular complexity index is 327. The van der Waals surface area contributed by atoms with Crippen LogP contribution in [-0.2, 0) is 11.2 Å². The Hall–Kier alpha value is -1.71. The predicted octanol–water partition coefficient (Wildman–Crippen LogP) is 0.469. The number of anilines is 2. The smallest absolute Gasteiger partial charge is 0.228 e. The SMILES string of the molecule is Nc1cc2c(cc1O)NC(=O)C2. The molecule has 0 spiro atoms. The molecule has 0 unspecified atom stereocenters. The van der Waals surface area contributed by atoms with Crippen LogP contribution in [0.2, 0.25) is 0 Å². The number of carbonyl (C=O) groups excluding carboxylic acids is 1. The maximum atomic E-state index is 10.9. The van der Waals surface area contributed by atoms with Gasteiger partial charge in [0.15, 0.2) is 0 Å². The average Bonchev–Trinajstić information content (AvgIpc) is 2.30. The molecule has 62 valence electrons. The highest BCUT2D eigenvalue weighted by molar-refractivity contribution is 6.00. The van der Waals surface area contributed by atoms with E-state index < -0.39 is 0 Å². The largest absolute Gasteiger partial charge is 0.506 e. The Labute approximate surface area is 69.0 Å². The molecule has 0 fully saturated rings. The number of phenols is 1. The molecule has 0 saturated carbocycles. The van der Waals surface area contributed by atoms with E-state index in [1.807, 2.05) is 0 Å². The van der Waals surface area contributed by atoms with Crippen LogP contribution in [0.1, 0.15) is 5.56 Å². The van der Waals surface area contributed by atoms with Gasteiger partial charge < -0.3 is 16.2 Å². The second kappa shape index (κ2) is 2.14. The third kappa shape index (κ3) is 0.887. The summed E-state index contributed by atoms with van der Waals surface area (Å²) in [6.07, 6.45) is 0.347. The molecule has 0 saturated heterocycles. The van der Waals surface area contributed by atoms with Crippen LogP contribution in [-0.4, -0.2) is 11.0 Å². The third-order valence-electron chi connectivity index (χ3n) is 1.88. The molecule has 1 heterocycles. The lowest BCUT2D eigenvalue weighted by Gasteiger charge is -2.01. The van der Waals surface area contributed by atoms with Crippen molar-refractivity contribution >= 4 is 17.3 Å². The monoisotopic (exact) mass is 164 g/mol. The molecule has 1 amide bonds. The molecule has 1 aliphatic rings. The van der Waals surface area contributed by atoms with Crippen molar-refractivity contribution < 1.29 is 9.90 Å². The van der Waals surface area contributed by atoms with E-state index in [1.54, 1.807) is 6.07 Å². The first kappa shape index (κ1) is 6.97. The van der Waals surface area contributed by atoms with Crippen molar-refractivity contribution in [1.82, 2.24) is 0 Å². The van der Waals surface area contributed by atoms with Gasteiger partial charge in [-0.1, -0.05) is 0 Å². The summed E-state index contributed by atoms with van der Waals surface area (Å²) in [5, 5.41) is 11.8. The number of nitrogen functional groups attached to an aromatic ring is 1. The lowest BCUT2D eigenvalue weighted by molar-refractivity contribution is -0.115. The van der Waals surface area contributed by atoms with Crippen LogP contribution in [0.4, 0.5) is 11.4 Å². The maximum Gasteiger partial charge on any atom is 0.228 e. The number of amides is 1. The average molecular weight is 164 g/mol. The van der Waals surface area contributed by atoms with Crippen molar-refractivity contribution in [3.8, 4) is 5.75 Å². The quantitative estimate of drug-likeness (QED) is 0.385. The zero-order chi connectivity index (χ0) is 8.72. The highest BCUT2D eigenvalue weighted by atomic mass is 16.3. The summed E-state index contributed by atoms with van der Waals surface area (Å²) >= 11 is 0. The topological polar surface area (TPSA) is 75.3 Å².